The number of nitrogens with zero attached hydrogens (tertiary/aromatic N) is 1. The van der Waals surface area contributed by atoms with Gasteiger partial charge in [0.05, 0.1) is 0 Å². The summed E-state index contributed by atoms with van der Waals surface area (Å²) in [7, 11) is 0. The Hall–Kier alpha value is -0.860. The highest BCUT2D eigenvalue weighted by Gasteiger charge is 2.24. The number of rotatable bonds is 7. The summed E-state index contributed by atoms with van der Waals surface area (Å²) in [5.74, 6) is 0. The van der Waals surface area contributed by atoms with E-state index in [2.05, 4.69) is 56.1 Å². The van der Waals surface area contributed by atoms with Crippen molar-refractivity contribution in [3.63, 3.8) is 0 Å². The molecular weight excluding hydrogens is 256 g/mol. The molecule has 118 valence electrons. The molecule has 1 unspecified atom stereocenters. The monoisotopic (exact) mass is 288 g/mol. The predicted molar refractivity (Wildman–Crippen MR) is 91.8 cm³/mol. The van der Waals surface area contributed by atoms with Crippen LogP contribution in [0.5, 0.6) is 0 Å². The molecule has 1 aliphatic rings. The molecule has 1 saturated carbocycles. The zero-order valence-electron chi connectivity index (χ0n) is 14.3. The Morgan fingerprint density at radius 2 is 1.90 bits per heavy atom. The van der Waals surface area contributed by atoms with Gasteiger partial charge in [-0.25, -0.2) is 0 Å². The van der Waals surface area contributed by atoms with E-state index in [9.17, 15) is 0 Å². The van der Waals surface area contributed by atoms with Crippen molar-refractivity contribution in [1.29, 1.82) is 0 Å². The molecule has 0 amide bonds. The quantitative estimate of drug-likeness (QED) is 0.808. The molecule has 2 heteroatoms. The first-order chi connectivity index (χ1) is 10.2. The molecule has 0 aliphatic heterocycles. The maximum Gasteiger partial charge on any atom is 0.0452 e. The van der Waals surface area contributed by atoms with Crippen LogP contribution in [0.25, 0.3) is 0 Å². The van der Waals surface area contributed by atoms with Crippen LogP contribution in [0.15, 0.2) is 18.2 Å². The van der Waals surface area contributed by atoms with Crippen LogP contribution in [0, 0.1) is 13.8 Å². The van der Waals surface area contributed by atoms with Gasteiger partial charge in [0, 0.05) is 18.6 Å². The number of benzene rings is 1. The van der Waals surface area contributed by atoms with Crippen molar-refractivity contribution < 1.29 is 0 Å². The van der Waals surface area contributed by atoms with Crippen molar-refractivity contribution in [2.45, 2.75) is 65.5 Å². The van der Waals surface area contributed by atoms with Gasteiger partial charge in [0.2, 0.25) is 0 Å². The smallest absolute Gasteiger partial charge is 0.0452 e. The molecule has 1 aliphatic carbocycles. The van der Waals surface area contributed by atoms with Gasteiger partial charge in [0.1, 0.15) is 0 Å². The van der Waals surface area contributed by atoms with E-state index in [1.54, 1.807) is 0 Å². The molecule has 0 radical (unpaired) electrons. The van der Waals surface area contributed by atoms with E-state index in [4.69, 9.17) is 0 Å². The van der Waals surface area contributed by atoms with Crippen LogP contribution in [0.3, 0.4) is 0 Å². The predicted octanol–water partition coefficient (Wildman–Crippen LogP) is 4.22. The lowest BCUT2D eigenvalue weighted by Gasteiger charge is -2.32. The Bertz CT molecular complexity index is 435. The summed E-state index contributed by atoms with van der Waals surface area (Å²) in [6.07, 6.45) is 5.60. The summed E-state index contributed by atoms with van der Waals surface area (Å²) in [4.78, 5) is 2.70. The Kier molecular flexibility index (Phi) is 6.25. The molecule has 0 spiro atoms. The third kappa shape index (κ3) is 4.31. The fraction of sp³-hybridized carbons (Fsp3) is 0.684. The lowest BCUT2D eigenvalue weighted by Crippen LogP contribution is -2.40. The normalized spacial score (nSPS) is 17.6. The third-order valence-corrected chi connectivity index (χ3v) is 4.93. The molecule has 1 atom stereocenters. The maximum absolute atomic E-state index is 3.71. The minimum atomic E-state index is 0.454. The lowest BCUT2D eigenvalue weighted by molar-refractivity contribution is 0.187. The van der Waals surface area contributed by atoms with E-state index < -0.39 is 0 Å². The number of aryl methyl sites for hydroxylation is 2. The average molecular weight is 288 g/mol. The molecule has 1 N–H and O–H groups in total. The zero-order chi connectivity index (χ0) is 15.2. The first-order valence-electron chi connectivity index (χ1n) is 8.70. The van der Waals surface area contributed by atoms with E-state index in [1.807, 2.05) is 0 Å². The molecule has 2 rings (SSSR count). The topological polar surface area (TPSA) is 15.3 Å². The van der Waals surface area contributed by atoms with Gasteiger partial charge in [0.15, 0.2) is 0 Å². The highest BCUT2D eigenvalue weighted by Crippen LogP contribution is 2.27. The molecule has 0 saturated heterocycles. The second-order valence-corrected chi connectivity index (χ2v) is 6.50. The van der Waals surface area contributed by atoms with E-state index >= 15 is 0 Å². The van der Waals surface area contributed by atoms with E-state index in [0.29, 0.717) is 6.04 Å². The molecular formula is C19H32N2. The molecule has 1 aromatic carbocycles. The fourth-order valence-corrected chi connectivity index (χ4v) is 3.69. The Morgan fingerprint density at radius 3 is 2.52 bits per heavy atom. The van der Waals surface area contributed by atoms with Crippen LogP contribution in [0.1, 0.15) is 62.3 Å². The molecule has 2 nitrogen and oxygen atoms in total. The van der Waals surface area contributed by atoms with Gasteiger partial charge in [-0.3, -0.25) is 4.90 Å². The molecule has 0 aromatic heterocycles. The number of hydrogen-bond acceptors (Lipinski definition) is 2. The summed E-state index contributed by atoms with van der Waals surface area (Å²) in [5.41, 5.74) is 4.25. The molecule has 21 heavy (non-hydrogen) atoms. The van der Waals surface area contributed by atoms with Crippen molar-refractivity contribution in [2.75, 3.05) is 19.6 Å². The van der Waals surface area contributed by atoms with Crippen molar-refractivity contribution in [3.05, 3.63) is 34.9 Å². The maximum atomic E-state index is 3.71. The van der Waals surface area contributed by atoms with Crippen LogP contribution < -0.4 is 5.32 Å². The van der Waals surface area contributed by atoms with Gasteiger partial charge in [0.25, 0.3) is 0 Å². The van der Waals surface area contributed by atoms with E-state index in [-0.39, 0.29) is 0 Å². The minimum absolute atomic E-state index is 0.454. The zero-order valence-corrected chi connectivity index (χ0v) is 14.3. The van der Waals surface area contributed by atoms with Gasteiger partial charge in [-0.1, -0.05) is 50.5 Å². The first kappa shape index (κ1) is 16.5. The SMILES string of the molecule is CCNC(CN(CC)C1CCCC1)c1cc(C)ccc1C. The highest BCUT2D eigenvalue weighted by atomic mass is 15.2. The summed E-state index contributed by atoms with van der Waals surface area (Å²) < 4.78 is 0. The molecule has 1 fully saturated rings. The second-order valence-electron chi connectivity index (χ2n) is 6.50. The van der Waals surface area contributed by atoms with Gasteiger partial charge >= 0.3 is 0 Å². The van der Waals surface area contributed by atoms with Gasteiger partial charge < -0.3 is 5.32 Å². The van der Waals surface area contributed by atoms with Crippen molar-refractivity contribution in [1.82, 2.24) is 10.2 Å². The summed E-state index contributed by atoms with van der Waals surface area (Å²) in [5, 5.41) is 3.71. The Morgan fingerprint density at radius 1 is 1.19 bits per heavy atom. The van der Waals surface area contributed by atoms with E-state index in [1.165, 1.54) is 42.4 Å². The van der Waals surface area contributed by atoms with Crippen molar-refractivity contribution in [3.8, 4) is 0 Å². The third-order valence-electron chi connectivity index (χ3n) is 4.93. The Balaban J connectivity index is 2.15. The standard InChI is InChI=1S/C19H32N2/c1-5-20-19(18-13-15(3)11-12-16(18)4)14-21(6-2)17-9-7-8-10-17/h11-13,17,19-20H,5-10,14H2,1-4H3. The fourth-order valence-electron chi connectivity index (χ4n) is 3.69. The molecule has 1 aromatic rings. The van der Waals surface area contributed by atoms with Crippen LogP contribution in [-0.4, -0.2) is 30.6 Å². The Labute approximate surface area is 130 Å². The van der Waals surface area contributed by atoms with Crippen LogP contribution in [0.2, 0.25) is 0 Å². The lowest BCUT2D eigenvalue weighted by atomic mass is 9.97. The first-order valence-corrected chi connectivity index (χ1v) is 8.70. The van der Waals surface area contributed by atoms with E-state index in [0.717, 1.165) is 25.7 Å². The van der Waals surface area contributed by atoms with Crippen LogP contribution in [-0.2, 0) is 0 Å². The highest BCUT2D eigenvalue weighted by molar-refractivity contribution is 5.33. The van der Waals surface area contributed by atoms with Crippen LogP contribution >= 0.6 is 0 Å². The number of nitrogens with one attached hydrogen (secondary N) is 1. The molecule has 0 heterocycles. The summed E-state index contributed by atoms with van der Waals surface area (Å²) in [6, 6.07) is 8.11. The number of hydrogen-bond donors (Lipinski definition) is 1. The van der Waals surface area contributed by atoms with Gasteiger partial charge in [-0.15, -0.1) is 0 Å². The van der Waals surface area contributed by atoms with Gasteiger partial charge in [-0.05, 0) is 50.9 Å². The van der Waals surface area contributed by atoms with Crippen molar-refractivity contribution >= 4 is 0 Å². The van der Waals surface area contributed by atoms with Crippen LogP contribution in [0.4, 0.5) is 0 Å². The number of likely N-dealkylation sites (N-methyl/N-ethyl adjacent to an activating group) is 2. The molecule has 0 bridgehead atoms. The summed E-state index contributed by atoms with van der Waals surface area (Å²) in [6.45, 7) is 12.3. The van der Waals surface area contributed by atoms with Gasteiger partial charge in [-0.2, -0.15) is 0 Å². The average Bonchev–Trinajstić information content (AvgIpc) is 3.00. The second kappa shape index (κ2) is 7.95. The largest absolute Gasteiger partial charge is 0.309 e. The van der Waals surface area contributed by atoms with Crippen molar-refractivity contribution in [2.24, 2.45) is 0 Å². The minimum Gasteiger partial charge on any atom is -0.309 e. The summed E-state index contributed by atoms with van der Waals surface area (Å²) >= 11 is 0.